The van der Waals surface area contributed by atoms with Crippen LogP contribution in [0.2, 0.25) is 0 Å². The van der Waals surface area contributed by atoms with Crippen molar-refractivity contribution in [1.82, 2.24) is 13.6 Å². The minimum Gasteiger partial charge on any atom is -0.274 e. The van der Waals surface area contributed by atoms with Crippen LogP contribution in [0.1, 0.15) is 67.2 Å². The number of carbonyl (C=O) groups is 2. The van der Waals surface area contributed by atoms with Gasteiger partial charge in [-0.25, -0.2) is 0 Å². The van der Waals surface area contributed by atoms with E-state index in [2.05, 4.69) is 76.9 Å². The van der Waals surface area contributed by atoms with Gasteiger partial charge in [-0.1, -0.05) is 40.0 Å². The van der Waals surface area contributed by atoms with Crippen molar-refractivity contribution in [2.24, 2.45) is 11.8 Å². The third-order valence-electron chi connectivity index (χ3n) is 7.80. The van der Waals surface area contributed by atoms with Gasteiger partial charge in [0, 0.05) is 46.2 Å². The lowest BCUT2D eigenvalue weighted by atomic mass is 9.93. The molecule has 0 aliphatic carbocycles. The van der Waals surface area contributed by atoms with Crippen LogP contribution < -0.4 is 0 Å². The third kappa shape index (κ3) is 5.04. The molecule has 2 amide bonds. The van der Waals surface area contributed by atoms with E-state index < -0.39 is 0 Å². The molecule has 0 saturated heterocycles. The average Bonchev–Trinajstić information content (AvgIpc) is 3.75. The van der Waals surface area contributed by atoms with Crippen molar-refractivity contribution in [3.05, 3.63) is 43.0 Å². The largest absolute Gasteiger partial charge is 0.274 e. The minimum absolute atomic E-state index is 0.213. The predicted octanol–water partition coefficient (Wildman–Crippen LogP) is 11.6. The van der Waals surface area contributed by atoms with Gasteiger partial charge >= 0.3 is 0 Å². The van der Waals surface area contributed by atoms with Crippen LogP contribution in [0, 0.1) is 11.8 Å². The number of benzene rings is 1. The van der Waals surface area contributed by atoms with E-state index in [4.69, 9.17) is 8.75 Å². The van der Waals surface area contributed by atoms with Gasteiger partial charge in [0.15, 0.2) is 0 Å². The molecule has 1 aliphatic rings. The van der Waals surface area contributed by atoms with Crippen LogP contribution in [0.4, 0.5) is 0 Å². The molecule has 1 unspecified atom stereocenters. The highest BCUT2D eigenvalue weighted by atomic mass is 79.9. The maximum Gasteiger partial charge on any atom is 0.262 e. The lowest BCUT2D eigenvalue weighted by Gasteiger charge is -2.18. The third-order valence-corrected chi connectivity index (χ3v) is 14.0. The Morgan fingerprint density at radius 2 is 1.19 bits per heavy atom. The predicted molar refractivity (Wildman–Crippen MR) is 188 cm³/mol. The Bertz CT molecular complexity index is 1820. The first-order chi connectivity index (χ1) is 20.2. The Kier molecular flexibility index (Phi) is 7.94. The molecule has 5 nitrogen and oxygen atoms in total. The van der Waals surface area contributed by atoms with E-state index in [0.29, 0.717) is 40.5 Å². The number of fused-ring (bicyclic) bond motifs is 4. The molecule has 0 saturated carbocycles. The molecule has 6 heterocycles. The molecule has 0 N–H and O–H groups in total. The van der Waals surface area contributed by atoms with Crippen molar-refractivity contribution in [3.8, 4) is 20.9 Å². The summed E-state index contributed by atoms with van der Waals surface area (Å²) in [5.74, 6) is 0.691. The summed E-state index contributed by atoms with van der Waals surface area (Å²) in [5, 5.41) is 0. The van der Waals surface area contributed by atoms with Crippen LogP contribution in [-0.2, 0) is 0 Å². The fraction of sp³-hybridized carbons (Fsp3) is 0.333. The summed E-state index contributed by atoms with van der Waals surface area (Å²) in [4.78, 5) is 32.0. The molecule has 0 spiro atoms. The van der Waals surface area contributed by atoms with E-state index in [1.807, 2.05) is 0 Å². The molecule has 42 heavy (non-hydrogen) atoms. The second kappa shape index (κ2) is 11.4. The number of hydrogen-bond donors (Lipinski definition) is 0. The zero-order valence-electron chi connectivity index (χ0n) is 23.0. The highest BCUT2D eigenvalue weighted by Gasteiger charge is 2.43. The first kappa shape index (κ1) is 29.2. The molecule has 0 fully saturated rings. The number of nitrogens with zero attached hydrogens (tertiary/aromatic N) is 3. The highest BCUT2D eigenvalue weighted by Crippen LogP contribution is 2.51. The maximum atomic E-state index is 14.3. The molecular weight excluding hydrogens is 754 g/mol. The van der Waals surface area contributed by atoms with Crippen LogP contribution in [0.5, 0.6) is 0 Å². The normalized spacial score (nSPS) is 14.5. The molecule has 0 bridgehead atoms. The average molecular weight is 780 g/mol. The van der Waals surface area contributed by atoms with E-state index in [1.54, 1.807) is 45.3 Å². The maximum absolute atomic E-state index is 14.3. The van der Waals surface area contributed by atoms with Gasteiger partial charge < -0.3 is 0 Å². The molecule has 1 atom stereocenters. The Morgan fingerprint density at radius 1 is 0.690 bits per heavy atom. The molecule has 0 radical (unpaired) electrons. The van der Waals surface area contributed by atoms with E-state index >= 15 is 0 Å². The monoisotopic (exact) mass is 777 g/mol. The molecule has 7 rings (SSSR count). The zero-order chi connectivity index (χ0) is 29.3. The molecule has 216 valence electrons. The standard InChI is InChI=1S/C30H25Br2N3O2S5/c1-13(2)5-4-6-14(3)7-8-35-29(36)25-23(19-9-15-17(38-19)11-21(31)40-15)27-28(34-42-33-27)24(26(25)30(35)37)20-10-16-18(39-20)12-22(32)41-16/h9-14H,4-8H2,1-3H3. The van der Waals surface area contributed by atoms with Gasteiger partial charge in [0.1, 0.15) is 11.0 Å². The van der Waals surface area contributed by atoms with Gasteiger partial charge in [-0.2, -0.15) is 8.75 Å². The second-order valence-corrected chi connectivity index (χ2v) is 18.8. The summed E-state index contributed by atoms with van der Waals surface area (Å²) in [7, 11) is 0. The summed E-state index contributed by atoms with van der Waals surface area (Å²) < 4.78 is 16.2. The lowest BCUT2D eigenvalue weighted by Crippen LogP contribution is -2.31. The zero-order valence-corrected chi connectivity index (χ0v) is 30.2. The number of aromatic nitrogens is 2. The van der Waals surface area contributed by atoms with Crippen LogP contribution in [-0.4, -0.2) is 32.0 Å². The van der Waals surface area contributed by atoms with Crippen molar-refractivity contribution in [3.63, 3.8) is 0 Å². The molecular formula is C30H25Br2N3O2S5. The number of amides is 2. The van der Waals surface area contributed by atoms with Crippen molar-refractivity contribution in [1.29, 1.82) is 0 Å². The SMILES string of the molecule is CC(C)CCCC(C)CCN1C(=O)c2c(c(-c3cc4sc(Br)cc4s3)c3nsnc3c2-c2cc3sc(Br)cc3s2)C1=O. The first-order valence-corrected chi connectivity index (χ1v) is 19.3. The number of carbonyl (C=O) groups excluding carboxylic acids is 2. The van der Waals surface area contributed by atoms with Gasteiger partial charge in [-0.05, 0) is 74.4 Å². The number of rotatable bonds is 9. The molecule has 1 aromatic carbocycles. The van der Waals surface area contributed by atoms with Gasteiger partial charge in [-0.15, -0.1) is 45.3 Å². The minimum atomic E-state index is -0.213. The van der Waals surface area contributed by atoms with Gasteiger partial charge in [0.2, 0.25) is 0 Å². The van der Waals surface area contributed by atoms with E-state index in [9.17, 15) is 9.59 Å². The van der Waals surface area contributed by atoms with Crippen molar-refractivity contribution < 1.29 is 9.59 Å². The number of thiophene rings is 4. The van der Waals surface area contributed by atoms with Crippen molar-refractivity contribution >= 4 is 131 Å². The topological polar surface area (TPSA) is 63.2 Å². The summed E-state index contributed by atoms with van der Waals surface area (Å²) in [6.45, 7) is 7.14. The van der Waals surface area contributed by atoms with Crippen LogP contribution in [0.3, 0.4) is 0 Å². The second-order valence-electron chi connectivity index (χ2n) is 11.2. The number of imide groups is 1. The number of hydrogen-bond acceptors (Lipinski definition) is 9. The Morgan fingerprint density at radius 3 is 1.67 bits per heavy atom. The quantitative estimate of drug-likeness (QED) is 0.137. The fourth-order valence-electron chi connectivity index (χ4n) is 5.70. The summed E-state index contributed by atoms with van der Waals surface area (Å²) >= 11 is 14.9. The smallest absolute Gasteiger partial charge is 0.262 e. The molecule has 12 heteroatoms. The summed E-state index contributed by atoms with van der Waals surface area (Å²) in [5.41, 5.74) is 3.85. The number of halogens is 2. The van der Waals surface area contributed by atoms with Crippen molar-refractivity contribution in [2.75, 3.05) is 6.54 Å². The Balaban J connectivity index is 1.37. The summed E-state index contributed by atoms with van der Waals surface area (Å²) in [6, 6.07) is 8.46. The Hall–Kier alpha value is -1.54. The molecule has 1 aliphatic heterocycles. The van der Waals surface area contributed by atoms with E-state index in [-0.39, 0.29) is 11.8 Å². The van der Waals surface area contributed by atoms with Crippen LogP contribution in [0.15, 0.2) is 31.8 Å². The van der Waals surface area contributed by atoms with Gasteiger partial charge in [0.05, 0.1) is 30.4 Å². The van der Waals surface area contributed by atoms with Gasteiger partial charge in [0.25, 0.3) is 11.8 Å². The first-order valence-electron chi connectivity index (χ1n) is 13.8. The highest BCUT2D eigenvalue weighted by molar-refractivity contribution is 9.11. The van der Waals surface area contributed by atoms with Crippen LogP contribution >= 0.6 is 88.9 Å². The van der Waals surface area contributed by atoms with E-state index in [1.165, 1.54) is 17.7 Å². The summed E-state index contributed by atoms with van der Waals surface area (Å²) in [6.07, 6.45) is 4.26. The van der Waals surface area contributed by atoms with Crippen molar-refractivity contribution in [2.45, 2.75) is 46.5 Å². The van der Waals surface area contributed by atoms with Gasteiger partial charge in [-0.3, -0.25) is 14.5 Å². The van der Waals surface area contributed by atoms with E-state index in [0.717, 1.165) is 71.8 Å². The molecule has 6 aromatic rings. The van der Waals surface area contributed by atoms with Crippen LogP contribution in [0.25, 0.3) is 50.7 Å². The Labute approximate surface area is 280 Å². The fourth-order valence-corrected chi connectivity index (χ4v) is 12.4. The lowest BCUT2D eigenvalue weighted by molar-refractivity contribution is 0.0646. The molecule has 5 aromatic heterocycles.